The molecule has 0 atom stereocenters. The Morgan fingerprint density at radius 3 is 2.45 bits per heavy atom. The van der Waals surface area contributed by atoms with E-state index in [1.54, 1.807) is 6.07 Å². The summed E-state index contributed by atoms with van der Waals surface area (Å²) in [5, 5.41) is 2.61. The van der Waals surface area contributed by atoms with Crippen molar-refractivity contribution in [1.82, 2.24) is 4.98 Å². The van der Waals surface area contributed by atoms with E-state index >= 15 is 0 Å². The third kappa shape index (κ3) is 3.51. The predicted octanol–water partition coefficient (Wildman–Crippen LogP) is 3.83. The number of hydrogen-bond acceptors (Lipinski definition) is 2. The number of halogens is 3. The highest BCUT2D eigenvalue weighted by molar-refractivity contribution is 6.29. The molecule has 1 heterocycles. The van der Waals surface area contributed by atoms with E-state index in [1.807, 2.05) is 6.92 Å². The highest BCUT2D eigenvalue weighted by Gasteiger charge is 2.10. The first-order valence-corrected chi connectivity index (χ1v) is 6.29. The maximum Gasteiger partial charge on any atom is 0.255 e. The Bertz CT molecular complexity index is 641. The van der Waals surface area contributed by atoms with Crippen molar-refractivity contribution >= 4 is 23.2 Å². The Labute approximate surface area is 119 Å². The van der Waals surface area contributed by atoms with Crippen LogP contribution in [0.3, 0.4) is 0 Å². The number of aryl methyl sites for hydroxylation is 1. The number of hydrogen-bond donors (Lipinski definition) is 1. The molecule has 0 aliphatic heterocycles. The van der Waals surface area contributed by atoms with E-state index in [0.29, 0.717) is 12.1 Å². The third-order valence-electron chi connectivity index (χ3n) is 2.59. The zero-order valence-electron chi connectivity index (χ0n) is 10.6. The second-order valence-electron chi connectivity index (χ2n) is 4.14. The van der Waals surface area contributed by atoms with E-state index in [4.69, 9.17) is 11.6 Å². The summed E-state index contributed by atoms with van der Waals surface area (Å²) in [6.45, 7) is 1.88. The Hall–Kier alpha value is -2.01. The van der Waals surface area contributed by atoms with Gasteiger partial charge in [0.1, 0.15) is 16.8 Å². The van der Waals surface area contributed by atoms with E-state index < -0.39 is 17.5 Å². The fourth-order valence-corrected chi connectivity index (χ4v) is 1.92. The van der Waals surface area contributed by atoms with E-state index in [1.165, 1.54) is 6.07 Å². The van der Waals surface area contributed by atoms with Gasteiger partial charge in [0.25, 0.3) is 5.91 Å². The Morgan fingerprint density at radius 2 is 1.85 bits per heavy atom. The second-order valence-corrected chi connectivity index (χ2v) is 4.52. The lowest BCUT2D eigenvalue weighted by molar-refractivity contribution is 0.102. The molecule has 0 saturated heterocycles. The van der Waals surface area contributed by atoms with Crippen LogP contribution in [0.4, 0.5) is 14.5 Å². The number of carbonyl (C=O) groups excluding carboxylic acids is 1. The van der Waals surface area contributed by atoms with E-state index in [-0.39, 0.29) is 16.4 Å². The standard InChI is InChI=1S/C14H11ClF2N2O/c1-2-11-3-8(4-13(15)18-11)14(20)19-12-6-9(16)5-10(17)7-12/h3-7H,2H2,1H3,(H,19,20). The number of nitrogens with one attached hydrogen (secondary N) is 1. The molecule has 104 valence electrons. The molecule has 1 aromatic heterocycles. The second kappa shape index (κ2) is 5.96. The first-order valence-electron chi connectivity index (χ1n) is 5.92. The first-order chi connectivity index (χ1) is 9.47. The molecule has 2 rings (SSSR count). The van der Waals surface area contributed by atoms with Gasteiger partial charge in [0.15, 0.2) is 0 Å². The fourth-order valence-electron chi connectivity index (χ4n) is 1.69. The topological polar surface area (TPSA) is 42.0 Å². The van der Waals surface area contributed by atoms with Crippen LogP contribution >= 0.6 is 11.6 Å². The molecule has 0 unspecified atom stereocenters. The van der Waals surface area contributed by atoms with E-state index in [9.17, 15) is 13.6 Å². The molecular formula is C14H11ClF2N2O. The number of rotatable bonds is 3. The van der Waals surface area contributed by atoms with Crippen molar-refractivity contribution in [3.05, 3.63) is 58.4 Å². The van der Waals surface area contributed by atoms with Crippen LogP contribution in [-0.4, -0.2) is 10.9 Å². The van der Waals surface area contributed by atoms with E-state index in [0.717, 1.165) is 18.2 Å². The van der Waals surface area contributed by atoms with Gasteiger partial charge in [-0.25, -0.2) is 13.8 Å². The maximum atomic E-state index is 13.0. The van der Waals surface area contributed by atoms with Crippen LogP contribution in [0.5, 0.6) is 0 Å². The molecule has 0 saturated carbocycles. The third-order valence-corrected chi connectivity index (χ3v) is 2.79. The van der Waals surface area contributed by atoms with Gasteiger partial charge < -0.3 is 5.32 Å². The summed E-state index contributed by atoms with van der Waals surface area (Å²) in [7, 11) is 0. The van der Waals surface area contributed by atoms with Crippen molar-refractivity contribution in [2.24, 2.45) is 0 Å². The lowest BCUT2D eigenvalue weighted by Gasteiger charge is -2.07. The normalized spacial score (nSPS) is 10.4. The number of benzene rings is 1. The van der Waals surface area contributed by atoms with Crippen molar-refractivity contribution in [2.75, 3.05) is 5.32 Å². The molecule has 0 bridgehead atoms. The average molecular weight is 297 g/mol. The van der Waals surface area contributed by atoms with Crippen molar-refractivity contribution in [3.8, 4) is 0 Å². The Kier molecular flexibility index (Phi) is 4.29. The summed E-state index contributed by atoms with van der Waals surface area (Å²) < 4.78 is 26.1. The van der Waals surface area contributed by atoms with Crippen molar-refractivity contribution in [2.45, 2.75) is 13.3 Å². The smallest absolute Gasteiger partial charge is 0.255 e. The largest absolute Gasteiger partial charge is 0.322 e. The first kappa shape index (κ1) is 14.4. The van der Waals surface area contributed by atoms with Crippen LogP contribution in [0.1, 0.15) is 23.0 Å². The molecule has 3 nitrogen and oxygen atoms in total. The number of pyridine rings is 1. The molecule has 0 aliphatic rings. The van der Waals surface area contributed by atoms with Crippen LogP contribution in [-0.2, 0) is 6.42 Å². The Morgan fingerprint density at radius 1 is 1.20 bits per heavy atom. The van der Waals surface area contributed by atoms with Gasteiger partial charge >= 0.3 is 0 Å². The summed E-state index contributed by atoms with van der Waals surface area (Å²) in [6, 6.07) is 5.77. The van der Waals surface area contributed by atoms with Gasteiger partial charge in [-0.1, -0.05) is 18.5 Å². The van der Waals surface area contributed by atoms with Gasteiger partial charge in [0.05, 0.1) is 0 Å². The molecule has 0 aliphatic carbocycles. The van der Waals surface area contributed by atoms with Crippen LogP contribution in [0.2, 0.25) is 5.15 Å². The zero-order chi connectivity index (χ0) is 14.7. The molecule has 6 heteroatoms. The molecule has 0 radical (unpaired) electrons. The minimum Gasteiger partial charge on any atom is -0.322 e. The molecule has 1 aromatic carbocycles. The van der Waals surface area contributed by atoms with Crippen molar-refractivity contribution in [1.29, 1.82) is 0 Å². The Balaban J connectivity index is 2.25. The molecule has 1 N–H and O–H groups in total. The summed E-state index contributed by atoms with van der Waals surface area (Å²) in [6.07, 6.45) is 0.620. The number of amides is 1. The number of aromatic nitrogens is 1. The van der Waals surface area contributed by atoms with Crippen molar-refractivity contribution < 1.29 is 13.6 Å². The zero-order valence-corrected chi connectivity index (χ0v) is 11.3. The van der Waals surface area contributed by atoms with Gasteiger partial charge in [-0.2, -0.15) is 0 Å². The molecule has 0 spiro atoms. The average Bonchev–Trinajstić information content (AvgIpc) is 2.36. The predicted molar refractivity (Wildman–Crippen MR) is 72.9 cm³/mol. The quantitative estimate of drug-likeness (QED) is 0.875. The molecule has 20 heavy (non-hydrogen) atoms. The van der Waals surface area contributed by atoms with Gasteiger partial charge in [0.2, 0.25) is 0 Å². The maximum absolute atomic E-state index is 13.0. The lowest BCUT2D eigenvalue weighted by atomic mass is 10.2. The molecular weight excluding hydrogens is 286 g/mol. The number of carbonyl (C=O) groups is 1. The van der Waals surface area contributed by atoms with Gasteiger partial charge in [0, 0.05) is 23.0 Å². The van der Waals surface area contributed by atoms with Gasteiger partial charge in [-0.15, -0.1) is 0 Å². The summed E-state index contributed by atoms with van der Waals surface area (Å²) >= 11 is 5.82. The minimum atomic E-state index is -0.762. The molecule has 2 aromatic rings. The minimum absolute atomic E-state index is 0.0403. The number of nitrogens with zero attached hydrogens (tertiary/aromatic N) is 1. The summed E-state index contributed by atoms with van der Waals surface area (Å²) in [5.74, 6) is -2.03. The lowest BCUT2D eigenvalue weighted by Crippen LogP contribution is -2.13. The fraction of sp³-hybridized carbons (Fsp3) is 0.143. The highest BCUT2D eigenvalue weighted by Crippen LogP contribution is 2.16. The van der Waals surface area contributed by atoms with Crippen LogP contribution in [0.25, 0.3) is 0 Å². The number of anilines is 1. The van der Waals surface area contributed by atoms with Crippen molar-refractivity contribution in [3.63, 3.8) is 0 Å². The van der Waals surface area contributed by atoms with Crippen LogP contribution in [0, 0.1) is 11.6 Å². The SMILES string of the molecule is CCc1cc(C(=O)Nc2cc(F)cc(F)c2)cc(Cl)n1. The molecule has 1 amide bonds. The van der Waals surface area contributed by atoms with Gasteiger partial charge in [-0.05, 0) is 30.7 Å². The van der Waals surface area contributed by atoms with Gasteiger partial charge in [-0.3, -0.25) is 4.79 Å². The van der Waals surface area contributed by atoms with Crippen LogP contribution in [0.15, 0.2) is 30.3 Å². The van der Waals surface area contributed by atoms with E-state index in [2.05, 4.69) is 10.3 Å². The molecule has 0 fully saturated rings. The highest BCUT2D eigenvalue weighted by atomic mass is 35.5. The monoisotopic (exact) mass is 296 g/mol. The summed E-state index contributed by atoms with van der Waals surface area (Å²) in [4.78, 5) is 16.1. The van der Waals surface area contributed by atoms with Crippen LogP contribution < -0.4 is 5.32 Å². The summed E-state index contributed by atoms with van der Waals surface area (Å²) in [5.41, 5.74) is 0.984.